The van der Waals surface area contributed by atoms with Crippen molar-refractivity contribution in [2.24, 2.45) is 0 Å². The van der Waals surface area contributed by atoms with Gasteiger partial charge in [0.15, 0.2) is 5.82 Å². The Morgan fingerprint density at radius 3 is 2.39 bits per heavy atom. The number of aromatic nitrogens is 2. The first-order valence-corrected chi connectivity index (χ1v) is 21.5. The number of nitrogens with one attached hydrogen (secondary N) is 3. The summed E-state index contributed by atoms with van der Waals surface area (Å²) in [5.41, 5.74) is 4.97. The van der Waals surface area contributed by atoms with E-state index < -0.39 is 14.9 Å². The minimum absolute atomic E-state index is 0.0852. The normalized spacial score (nSPS) is 14.0. The lowest BCUT2D eigenvalue weighted by Gasteiger charge is -2.36. The Morgan fingerprint density at radius 1 is 0.895 bits per heavy atom. The zero-order valence-corrected chi connectivity index (χ0v) is 33.7. The molecule has 3 N–H and O–H groups in total. The second-order valence-electron chi connectivity index (χ2n) is 13.8. The van der Waals surface area contributed by atoms with E-state index in [1.165, 1.54) is 29.6 Å². The van der Waals surface area contributed by atoms with E-state index in [1.54, 1.807) is 17.8 Å². The van der Waals surface area contributed by atoms with Gasteiger partial charge >= 0.3 is 0 Å². The Morgan fingerprint density at radius 2 is 1.65 bits per heavy atom. The number of nitro groups is 1. The van der Waals surface area contributed by atoms with Gasteiger partial charge in [0.05, 0.1) is 15.3 Å². The molecule has 15 heteroatoms. The first-order chi connectivity index (χ1) is 27.7. The van der Waals surface area contributed by atoms with Crippen LogP contribution in [0.5, 0.6) is 0 Å². The highest BCUT2D eigenvalue weighted by atomic mass is 35.5. The number of fused-ring (bicyclic) bond motifs is 1. The van der Waals surface area contributed by atoms with Crippen LogP contribution in [0.1, 0.15) is 12.0 Å². The number of rotatable bonds is 16. The highest BCUT2D eigenvalue weighted by molar-refractivity contribution is 7.99. The Hall–Kier alpha value is -5.25. The first-order valence-electron chi connectivity index (χ1n) is 18.6. The van der Waals surface area contributed by atoms with Crippen LogP contribution in [0.25, 0.3) is 22.0 Å². The van der Waals surface area contributed by atoms with Crippen LogP contribution < -0.4 is 20.3 Å². The molecule has 1 saturated heterocycles. The van der Waals surface area contributed by atoms with Crippen LogP contribution in [0.4, 0.5) is 22.9 Å². The molecule has 0 bridgehead atoms. The van der Waals surface area contributed by atoms with E-state index >= 15 is 0 Å². The summed E-state index contributed by atoms with van der Waals surface area (Å²) in [6, 6.07) is 35.8. The van der Waals surface area contributed by atoms with Crippen LogP contribution in [-0.2, 0) is 16.6 Å². The smallest absolute Gasteiger partial charge is 0.293 e. The molecule has 5 aromatic carbocycles. The Kier molecular flexibility index (Phi) is 12.9. The van der Waals surface area contributed by atoms with Gasteiger partial charge in [-0.3, -0.25) is 19.7 Å². The fraction of sp³-hybridized carbons (Fsp3) is 0.238. The van der Waals surface area contributed by atoms with Crippen molar-refractivity contribution < 1.29 is 13.3 Å². The summed E-state index contributed by atoms with van der Waals surface area (Å²) in [6.07, 6.45) is 2.01. The summed E-state index contributed by atoms with van der Waals surface area (Å²) in [4.78, 5) is 25.9. The summed E-state index contributed by atoms with van der Waals surface area (Å²) in [7, 11) is -2.41. The zero-order valence-electron chi connectivity index (χ0n) is 31.3. The second kappa shape index (κ2) is 18.3. The van der Waals surface area contributed by atoms with Gasteiger partial charge in [0, 0.05) is 71.6 Å². The maximum absolute atomic E-state index is 13.7. The van der Waals surface area contributed by atoms with Gasteiger partial charge in [-0.1, -0.05) is 66.2 Å². The monoisotopic (exact) mass is 822 g/mol. The summed E-state index contributed by atoms with van der Waals surface area (Å²) < 4.78 is 30.0. The molecule has 0 radical (unpaired) electrons. The highest BCUT2D eigenvalue weighted by Crippen LogP contribution is 2.33. The number of halogens is 1. The van der Waals surface area contributed by atoms with Crippen molar-refractivity contribution in [3.63, 3.8) is 0 Å². The van der Waals surface area contributed by atoms with Crippen LogP contribution >= 0.6 is 23.4 Å². The molecule has 1 fully saturated rings. The first kappa shape index (κ1) is 40.0. The molecular weight excluding hydrogens is 780 g/mol. The predicted molar refractivity (Wildman–Crippen MR) is 231 cm³/mol. The van der Waals surface area contributed by atoms with Crippen LogP contribution in [0.3, 0.4) is 0 Å². The highest BCUT2D eigenvalue weighted by Gasteiger charge is 2.25. The van der Waals surface area contributed by atoms with Crippen LogP contribution in [0.2, 0.25) is 5.02 Å². The number of sulfonamides is 1. The van der Waals surface area contributed by atoms with E-state index in [9.17, 15) is 18.5 Å². The molecule has 2 heterocycles. The standard InChI is InChI=1S/C42H43ClN8O4S2/c1-44-19-18-33(28-56-35-10-6-3-7-11-35)47-39-17-14-36(26-41(39)51(52)53)57(54,55)48-42-38-16-13-34(25-40(38)45-29-46-42)50-22-20-49(21-23-50)27-31-24-32(43)12-15-37(31)30-8-4-2-5-9-30/h2-17,24-26,29,33,44,47H,18-23,27-28H2,1H3,(H,45,46,48)/t33-/m1/s1. The van der Waals surface area contributed by atoms with E-state index in [0.29, 0.717) is 34.6 Å². The molecule has 6 aromatic rings. The SMILES string of the molecule is CNCC[C@H](CSc1ccccc1)Nc1ccc(S(=O)(=O)Nc2ncnc3cc(N4CCN(Cc5cc(Cl)ccc5-c5ccccc5)CC4)ccc23)cc1[N+](=O)[O-]. The largest absolute Gasteiger partial charge is 0.376 e. The van der Waals surface area contributed by atoms with Crippen molar-refractivity contribution in [2.75, 3.05) is 60.5 Å². The van der Waals surface area contributed by atoms with Crippen LogP contribution in [0.15, 0.2) is 131 Å². The lowest BCUT2D eigenvalue weighted by molar-refractivity contribution is -0.384. The van der Waals surface area contributed by atoms with Gasteiger partial charge in [0.1, 0.15) is 12.0 Å². The fourth-order valence-corrected chi connectivity index (χ4v) is 9.15. The number of thioether (sulfide) groups is 1. The topological polar surface area (TPSA) is 146 Å². The average molecular weight is 823 g/mol. The fourth-order valence-electron chi connectivity index (χ4n) is 6.91. The van der Waals surface area contributed by atoms with Gasteiger partial charge in [-0.15, -0.1) is 11.8 Å². The number of piperazine rings is 1. The van der Waals surface area contributed by atoms with E-state index in [1.807, 2.05) is 73.8 Å². The maximum atomic E-state index is 13.7. The lowest BCUT2D eigenvalue weighted by atomic mass is 9.99. The Bertz CT molecular complexity index is 2440. The van der Waals surface area contributed by atoms with Gasteiger partial charge < -0.3 is 15.5 Å². The molecule has 1 aliphatic rings. The average Bonchev–Trinajstić information content (AvgIpc) is 3.22. The summed E-state index contributed by atoms with van der Waals surface area (Å²) in [5.74, 6) is 0.741. The Balaban J connectivity index is 1.03. The molecule has 1 atom stereocenters. The van der Waals surface area contributed by atoms with Gasteiger partial charge in [-0.25, -0.2) is 18.4 Å². The number of anilines is 3. The minimum atomic E-state index is -4.26. The molecule has 1 aromatic heterocycles. The summed E-state index contributed by atoms with van der Waals surface area (Å²) in [6.45, 7) is 4.75. The Labute approximate surface area is 341 Å². The van der Waals surface area contributed by atoms with Crippen molar-refractivity contribution in [2.45, 2.75) is 28.8 Å². The van der Waals surface area contributed by atoms with Crippen molar-refractivity contribution >= 4 is 67.2 Å². The van der Waals surface area contributed by atoms with Gasteiger partial charge in [0.2, 0.25) is 0 Å². The molecule has 12 nitrogen and oxygen atoms in total. The van der Waals surface area contributed by atoms with Gasteiger partial charge in [0.25, 0.3) is 15.7 Å². The number of hydrogen-bond donors (Lipinski definition) is 3. The molecule has 0 saturated carbocycles. The van der Waals surface area contributed by atoms with Crippen LogP contribution in [-0.4, -0.2) is 79.8 Å². The van der Waals surface area contributed by atoms with Crippen molar-refractivity contribution in [1.82, 2.24) is 20.2 Å². The molecule has 1 aliphatic heterocycles. The van der Waals surface area contributed by atoms with E-state index in [2.05, 4.69) is 59.4 Å². The molecule has 57 heavy (non-hydrogen) atoms. The van der Waals surface area contributed by atoms with Crippen molar-refractivity contribution in [1.29, 1.82) is 0 Å². The molecule has 0 spiro atoms. The van der Waals surface area contributed by atoms with Crippen molar-refractivity contribution in [3.05, 3.63) is 142 Å². The van der Waals surface area contributed by atoms with Crippen LogP contribution in [0, 0.1) is 10.1 Å². The zero-order chi connectivity index (χ0) is 39.8. The van der Waals surface area contributed by atoms with Gasteiger partial charge in [-0.2, -0.15) is 0 Å². The summed E-state index contributed by atoms with van der Waals surface area (Å²) >= 11 is 8.07. The number of benzene rings is 5. The number of nitro benzene ring substituents is 1. The molecule has 0 amide bonds. The summed E-state index contributed by atoms with van der Waals surface area (Å²) in [5, 5.41) is 19.9. The predicted octanol–water partition coefficient (Wildman–Crippen LogP) is 8.16. The third-order valence-corrected chi connectivity index (χ3v) is 12.7. The molecule has 7 rings (SSSR count). The number of nitrogens with zero attached hydrogens (tertiary/aromatic N) is 5. The van der Waals surface area contributed by atoms with E-state index in [4.69, 9.17) is 11.6 Å². The van der Waals surface area contributed by atoms with E-state index in [-0.39, 0.29) is 28.1 Å². The van der Waals surface area contributed by atoms with E-state index in [0.717, 1.165) is 54.9 Å². The second-order valence-corrected chi connectivity index (χ2v) is 17.0. The van der Waals surface area contributed by atoms with Gasteiger partial charge in [-0.05, 0) is 91.3 Å². The maximum Gasteiger partial charge on any atom is 0.293 e. The third kappa shape index (κ3) is 10.0. The molecular formula is C42H43ClN8O4S2. The molecule has 294 valence electrons. The van der Waals surface area contributed by atoms with Crippen molar-refractivity contribution in [3.8, 4) is 11.1 Å². The third-order valence-electron chi connectivity index (χ3n) is 9.91. The molecule has 0 unspecified atom stereocenters. The number of hydrogen-bond acceptors (Lipinski definition) is 11. The lowest BCUT2D eigenvalue weighted by Crippen LogP contribution is -2.46. The molecule has 0 aliphatic carbocycles. The quantitative estimate of drug-likeness (QED) is 0.0494. The minimum Gasteiger partial charge on any atom is -0.376 e.